The van der Waals surface area contributed by atoms with E-state index in [9.17, 15) is 14.0 Å². The second-order valence-electron chi connectivity index (χ2n) is 5.71. The molecule has 3 rings (SSSR count). The van der Waals surface area contributed by atoms with Crippen molar-refractivity contribution in [2.45, 2.75) is 12.8 Å². The Kier molecular flexibility index (Phi) is 5.04. The lowest BCUT2D eigenvalue weighted by atomic mass is 10.0. The number of ether oxygens (including phenoxy) is 1. The minimum atomic E-state index is -0.685. The number of hydrogen-bond donors (Lipinski definition) is 1. The van der Waals surface area contributed by atoms with E-state index in [2.05, 4.69) is 10.3 Å². The molecule has 7 heteroatoms. The van der Waals surface area contributed by atoms with Crippen molar-refractivity contribution >= 4 is 23.2 Å². The van der Waals surface area contributed by atoms with Gasteiger partial charge in [-0.25, -0.2) is 9.37 Å². The molecule has 6 nitrogen and oxygen atoms in total. The van der Waals surface area contributed by atoms with Gasteiger partial charge in [0.25, 0.3) is 11.8 Å². The van der Waals surface area contributed by atoms with Gasteiger partial charge in [0, 0.05) is 31.2 Å². The number of carbonyl (C=O) groups excluding carboxylic acids is 2. The van der Waals surface area contributed by atoms with Gasteiger partial charge in [0.15, 0.2) is 11.5 Å². The van der Waals surface area contributed by atoms with Crippen molar-refractivity contribution in [2.24, 2.45) is 0 Å². The van der Waals surface area contributed by atoms with Crippen LogP contribution >= 0.6 is 0 Å². The Morgan fingerprint density at radius 3 is 2.96 bits per heavy atom. The lowest BCUT2D eigenvalue weighted by Crippen LogP contribution is -2.37. The number of nitrogens with one attached hydrogen (secondary N) is 1. The second-order valence-corrected chi connectivity index (χ2v) is 5.71. The summed E-state index contributed by atoms with van der Waals surface area (Å²) in [5, 5.41) is 2.63. The first-order valence-electron chi connectivity index (χ1n) is 7.94. The van der Waals surface area contributed by atoms with Gasteiger partial charge >= 0.3 is 0 Å². The molecule has 1 N–H and O–H groups in total. The Labute approximate surface area is 144 Å². The van der Waals surface area contributed by atoms with E-state index >= 15 is 0 Å². The average Bonchev–Trinajstić information content (AvgIpc) is 2.61. The summed E-state index contributed by atoms with van der Waals surface area (Å²) in [5.74, 6) is -1.46. The number of amides is 2. The number of nitrogens with zero attached hydrogens (tertiary/aromatic N) is 2. The highest BCUT2D eigenvalue weighted by molar-refractivity contribution is 6.04. The van der Waals surface area contributed by atoms with E-state index in [1.54, 1.807) is 17.0 Å². The number of methoxy groups -OCH3 is 1. The number of hydrogen-bond acceptors (Lipinski definition) is 4. The van der Waals surface area contributed by atoms with E-state index in [0.717, 1.165) is 24.1 Å². The molecule has 0 aliphatic carbocycles. The summed E-state index contributed by atoms with van der Waals surface area (Å²) >= 11 is 0. The molecule has 0 spiro atoms. The fourth-order valence-corrected chi connectivity index (χ4v) is 2.86. The molecule has 2 amide bonds. The van der Waals surface area contributed by atoms with Crippen LogP contribution in [-0.2, 0) is 16.0 Å². The molecule has 0 radical (unpaired) electrons. The zero-order valence-electron chi connectivity index (χ0n) is 13.8. The summed E-state index contributed by atoms with van der Waals surface area (Å²) in [6.45, 7) is 0.594. The highest BCUT2D eigenvalue weighted by atomic mass is 19.1. The smallest absolute Gasteiger partial charge is 0.277 e. The Balaban J connectivity index is 1.85. The molecule has 0 bridgehead atoms. The molecular formula is C18H18FN3O3. The maximum atomic E-state index is 13.7. The van der Waals surface area contributed by atoms with Gasteiger partial charge in [-0.2, -0.15) is 0 Å². The summed E-state index contributed by atoms with van der Waals surface area (Å²) in [5.41, 5.74) is 1.98. The zero-order chi connectivity index (χ0) is 17.8. The number of carbonyl (C=O) groups is 2. The first-order valence-corrected chi connectivity index (χ1v) is 7.94. The van der Waals surface area contributed by atoms with Gasteiger partial charge in [-0.15, -0.1) is 0 Å². The molecule has 1 aromatic carbocycles. The van der Waals surface area contributed by atoms with E-state index in [1.807, 2.05) is 6.07 Å². The number of rotatable bonds is 4. The topological polar surface area (TPSA) is 71.5 Å². The summed E-state index contributed by atoms with van der Waals surface area (Å²) in [4.78, 5) is 29.8. The number of halogens is 1. The molecule has 0 unspecified atom stereocenters. The van der Waals surface area contributed by atoms with E-state index in [0.29, 0.717) is 12.2 Å². The number of benzene rings is 1. The van der Waals surface area contributed by atoms with Crippen LogP contribution in [0.3, 0.4) is 0 Å². The van der Waals surface area contributed by atoms with Gasteiger partial charge in [0.1, 0.15) is 6.61 Å². The standard InChI is InChI=1S/C18H18FN3O3/c1-25-11-16(23)22-9-3-4-12-6-7-13(10-15(12)22)21-18(24)17-14(19)5-2-8-20-17/h2,5-8,10H,3-4,9,11H2,1H3,(H,21,24). The van der Waals surface area contributed by atoms with Crippen LogP contribution in [0.1, 0.15) is 22.5 Å². The van der Waals surface area contributed by atoms with E-state index in [1.165, 1.54) is 25.4 Å². The lowest BCUT2D eigenvalue weighted by Gasteiger charge is -2.29. The fourth-order valence-electron chi connectivity index (χ4n) is 2.86. The maximum absolute atomic E-state index is 13.7. The molecule has 0 fully saturated rings. The molecule has 0 saturated carbocycles. The Morgan fingerprint density at radius 2 is 2.20 bits per heavy atom. The third-order valence-electron chi connectivity index (χ3n) is 4.00. The molecule has 2 heterocycles. The van der Waals surface area contributed by atoms with Gasteiger partial charge < -0.3 is 15.0 Å². The van der Waals surface area contributed by atoms with Crippen LogP contribution in [0.15, 0.2) is 36.5 Å². The Bertz CT molecular complexity index is 810. The quantitative estimate of drug-likeness (QED) is 0.925. The predicted molar refractivity (Wildman–Crippen MR) is 91.1 cm³/mol. The van der Waals surface area contributed by atoms with Crippen molar-refractivity contribution in [3.63, 3.8) is 0 Å². The number of aromatic nitrogens is 1. The molecular weight excluding hydrogens is 325 g/mol. The van der Waals surface area contributed by atoms with Gasteiger partial charge in [0.2, 0.25) is 0 Å². The number of anilines is 2. The number of pyridine rings is 1. The third-order valence-corrected chi connectivity index (χ3v) is 4.00. The van der Waals surface area contributed by atoms with Crippen LogP contribution in [0.2, 0.25) is 0 Å². The SMILES string of the molecule is COCC(=O)N1CCCc2ccc(NC(=O)c3ncccc3F)cc21. The minimum Gasteiger partial charge on any atom is -0.375 e. The molecule has 0 saturated heterocycles. The maximum Gasteiger partial charge on any atom is 0.277 e. The van der Waals surface area contributed by atoms with Crippen LogP contribution in [0.25, 0.3) is 0 Å². The summed E-state index contributed by atoms with van der Waals surface area (Å²) in [7, 11) is 1.47. The van der Waals surface area contributed by atoms with E-state index in [4.69, 9.17) is 4.74 Å². The molecule has 0 atom stereocenters. The first kappa shape index (κ1) is 17.0. The van der Waals surface area contributed by atoms with E-state index < -0.39 is 11.7 Å². The van der Waals surface area contributed by atoms with Crippen molar-refractivity contribution in [3.05, 3.63) is 53.6 Å². The molecule has 25 heavy (non-hydrogen) atoms. The van der Waals surface area contributed by atoms with Gasteiger partial charge in [0.05, 0.1) is 0 Å². The molecule has 1 aliphatic heterocycles. The summed E-state index contributed by atoms with van der Waals surface area (Å²) in [6, 6.07) is 7.93. The van der Waals surface area contributed by atoms with Crippen molar-refractivity contribution < 1.29 is 18.7 Å². The van der Waals surface area contributed by atoms with Crippen molar-refractivity contribution in [1.82, 2.24) is 4.98 Å². The summed E-state index contributed by atoms with van der Waals surface area (Å²) < 4.78 is 18.6. The van der Waals surface area contributed by atoms with Crippen molar-refractivity contribution in [3.8, 4) is 0 Å². The van der Waals surface area contributed by atoms with Gasteiger partial charge in [-0.3, -0.25) is 9.59 Å². The largest absolute Gasteiger partial charge is 0.375 e. The number of fused-ring (bicyclic) bond motifs is 1. The lowest BCUT2D eigenvalue weighted by molar-refractivity contribution is -0.122. The molecule has 1 aromatic heterocycles. The molecule has 1 aliphatic rings. The Morgan fingerprint density at radius 1 is 1.36 bits per heavy atom. The normalized spacial score (nSPS) is 13.3. The second kappa shape index (κ2) is 7.40. The average molecular weight is 343 g/mol. The highest BCUT2D eigenvalue weighted by Crippen LogP contribution is 2.30. The van der Waals surface area contributed by atoms with Crippen LogP contribution in [0, 0.1) is 5.82 Å². The van der Waals surface area contributed by atoms with Crippen LogP contribution in [0.5, 0.6) is 0 Å². The molecule has 130 valence electrons. The predicted octanol–water partition coefficient (Wildman–Crippen LogP) is 2.40. The monoisotopic (exact) mass is 343 g/mol. The number of aryl methyl sites for hydroxylation is 1. The fraction of sp³-hybridized carbons (Fsp3) is 0.278. The van der Waals surface area contributed by atoms with Crippen LogP contribution in [0.4, 0.5) is 15.8 Å². The van der Waals surface area contributed by atoms with Crippen molar-refractivity contribution in [1.29, 1.82) is 0 Å². The molecule has 2 aromatic rings. The first-order chi connectivity index (χ1) is 12.1. The van der Waals surface area contributed by atoms with Crippen LogP contribution in [-0.4, -0.2) is 37.1 Å². The van der Waals surface area contributed by atoms with Crippen molar-refractivity contribution in [2.75, 3.05) is 30.5 Å². The highest BCUT2D eigenvalue weighted by Gasteiger charge is 2.23. The van der Waals surface area contributed by atoms with Gasteiger partial charge in [-0.1, -0.05) is 6.07 Å². The summed E-state index contributed by atoms with van der Waals surface area (Å²) in [6.07, 6.45) is 3.08. The third kappa shape index (κ3) is 3.66. The zero-order valence-corrected chi connectivity index (χ0v) is 13.8. The van der Waals surface area contributed by atoms with Crippen LogP contribution < -0.4 is 10.2 Å². The minimum absolute atomic E-state index is 0.00479. The van der Waals surface area contributed by atoms with Gasteiger partial charge in [-0.05, 0) is 42.7 Å². The Hall–Kier alpha value is -2.80. The van der Waals surface area contributed by atoms with E-state index in [-0.39, 0.29) is 18.2 Å².